The summed E-state index contributed by atoms with van der Waals surface area (Å²) in [6.45, 7) is 4.35. The number of aliphatic hydroxyl groups is 1. The molecule has 0 aromatic carbocycles. The van der Waals surface area contributed by atoms with Crippen molar-refractivity contribution in [2.24, 2.45) is 0 Å². The monoisotopic (exact) mass is 273 g/mol. The van der Waals surface area contributed by atoms with Crippen LogP contribution >= 0.6 is 0 Å². The highest BCUT2D eigenvalue weighted by molar-refractivity contribution is 5.24. The van der Waals surface area contributed by atoms with Gasteiger partial charge in [-0.2, -0.15) is 0 Å². The fourth-order valence-electron chi connectivity index (χ4n) is 1.75. The lowest BCUT2D eigenvalue weighted by molar-refractivity contribution is 0.256. The zero-order valence-electron chi connectivity index (χ0n) is 11.8. The molecule has 0 unspecified atom stereocenters. The minimum absolute atomic E-state index is 0.152. The van der Waals surface area contributed by atoms with Crippen molar-refractivity contribution in [3.05, 3.63) is 47.8 Å². The van der Waals surface area contributed by atoms with Crippen molar-refractivity contribution in [3.8, 4) is 5.75 Å². The fourth-order valence-corrected chi connectivity index (χ4v) is 1.75. The molecule has 5 nitrogen and oxygen atoms in total. The van der Waals surface area contributed by atoms with E-state index in [1.165, 1.54) is 0 Å². The van der Waals surface area contributed by atoms with Crippen LogP contribution in [0, 0.1) is 0 Å². The molecule has 0 radical (unpaired) electrons. The lowest BCUT2D eigenvalue weighted by Crippen LogP contribution is -2.08. The number of aliphatic hydroxyl groups excluding tert-OH is 1. The first-order valence-corrected chi connectivity index (χ1v) is 6.70. The van der Waals surface area contributed by atoms with Crippen LogP contribution in [-0.2, 0) is 13.0 Å². The van der Waals surface area contributed by atoms with Crippen molar-refractivity contribution in [2.45, 2.75) is 32.8 Å². The molecule has 0 atom stereocenters. The van der Waals surface area contributed by atoms with E-state index in [0.717, 1.165) is 5.69 Å². The summed E-state index contributed by atoms with van der Waals surface area (Å²) in [6.07, 6.45) is 4.10. The van der Waals surface area contributed by atoms with Gasteiger partial charge in [-0.05, 0) is 12.1 Å². The lowest BCUT2D eigenvalue weighted by Gasteiger charge is -2.11. The Hall–Kier alpha value is -2.01. The maximum Gasteiger partial charge on any atom is 0.161 e. The number of aromatic nitrogens is 3. The predicted octanol–water partition coefficient (Wildman–Crippen LogP) is 2.11. The zero-order chi connectivity index (χ0) is 14.4. The lowest BCUT2D eigenvalue weighted by atomic mass is 10.2. The number of pyridine rings is 1. The van der Waals surface area contributed by atoms with Crippen molar-refractivity contribution in [1.29, 1.82) is 0 Å². The number of nitrogens with zero attached hydrogens (tertiary/aromatic N) is 3. The van der Waals surface area contributed by atoms with Gasteiger partial charge in [-0.25, -0.2) is 9.97 Å². The Bertz CT molecular complexity index is 544. The second-order valence-corrected chi connectivity index (χ2v) is 4.77. The van der Waals surface area contributed by atoms with E-state index >= 15 is 0 Å². The van der Waals surface area contributed by atoms with E-state index in [-0.39, 0.29) is 12.5 Å². The summed E-state index contributed by atoms with van der Waals surface area (Å²) < 4.78 is 5.64. The molecule has 2 rings (SSSR count). The van der Waals surface area contributed by atoms with Gasteiger partial charge in [-0.15, -0.1) is 0 Å². The molecule has 0 aliphatic rings. The van der Waals surface area contributed by atoms with Crippen molar-refractivity contribution >= 4 is 0 Å². The standard InChI is InChI=1S/C15H19N3O2/c1-11(2)15-17-9-14(13(10-19)18-15)20-8-6-12-5-3-4-7-16-12/h3-5,7,9,11,19H,6,8,10H2,1-2H3. The van der Waals surface area contributed by atoms with E-state index in [9.17, 15) is 5.11 Å². The molecule has 2 aromatic heterocycles. The minimum atomic E-state index is -0.152. The second-order valence-electron chi connectivity index (χ2n) is 4.77. The third kappa shape index (κ3) is 3.74. The normalized spacial score (nSPS) is 10.8. The second kappa shape index (κ2) is 6.96. The highest BCUT2D eigenvalue weighted by Gasteiger charge is 2.10. The van der Waals surface area contributed by atoms with Crippen LogP contribution in [0.1, 0.15) is 37.0 Å². The van der Waals surface area contributed by atoms with Crippen molar-refractivity contribution in [3.63, 3.8) is 0 Å². The number of rotatable bonds is 6. The van der Waals surface area contributed by atoms with Crippen LogP contribution < -0.4 is 4.74 Å². The molecule has 0 aliphatic carbocycles. The summed E-state index contributed by atoms with van der Waals surface area (Å²) in [5.74, 6) is 1.47. The SMILES string of the molecule is CC(C)c1ncc(OCCc2ccccn2)c(CO)n1. The quantitative estimate of drug-likeness (QED) is 0.873. The molecule has 0 bridgehead atoms. The van der Waals surface area contributed by atoms with Crippen LogP contribution in [0.2, 0.25) is 0 Å². The van der Waals surface area contributed by atoms with Crippen LogP contribution in [0.3, 0.4) is 0 Å². The molecular formula is C15H19N3O2. The molecule has 0 spiro atoms. The average Bonchev–Trinajstić information content (AvgIpc) is 2.48. The van der Waals surface area contributed by atoms with E-state index < -0.39 is 0 Å². The Morgan fingerprint density at radius 2 is 2.10 bits per heavy atom. The smallest absolute Gasteiger partial charge is 0.161 e. The van der Waals surface area contributed by atoms with Gasteiger partial charge < -0.3 is 9.84 Å². The Balaban J connectivity index is 1.99. The van der Waals surface area contributed by atoms with Crippen LogP contribution in [0.25, 0.3) is 0 Å². The summed E-state index contributed by atoms with van der Waals surface area (Å²) in [7, 11) is 0. The molecule has 5 heteroatoms. The summed E-state index contributed by atoms with van der Waals surface area (Å²) in [4.78, 5) is 12.8. The van der Waals surface area contributed by atoms with Crippen molar-refractivity contribution in [1.82, 2.24) is 15.0 Å². The molecule has 20 heavy (non-hydrogen) atoms. The third-order valence-electron chi connectivity index (χ3n) is 2.86. The molecule has 2 aromatic rings. The number of ether oxygens (including phenoxy) is 1. The molecule has 0 fully saturated rings. The zero-order valence-corrected chi connectivity index (χ0v) is 11.8. The summed E-state index contributed by atoms with van der Waals surface area (Å²) >= 11 is 0. The van der Waals surface area contributed by atoms with Crippen LogP contribution in [-0.4, -0.2) is 26.7 Å². The van der Waals surface area contributed by atoms with Gasteiger partial charge in [0.1, 0.15) is 11.5 Å². The first-order chi connectivity index (χ1) is 9.70. The molecular weight excluding hydrogens is 254 g/mol. The summed E-state index contributed by atoms with van der Waals surface area (Å²) in [5, 5.41) is 9.36. The Morgan fingerprint density at radius 3 is 2.75 bits per heavy atom. The highest BCUT2D eigenvalue weighted by atomic mass is 16.5. The van der Waals surface area contributed by atoms with Gasteiger partial charge in [0.05, 0.1) is 19.4 Å². The predicted molar refractivity (Wildman–Crippen MR) is 75.5 cm³/mol. The Kier molecular flexibility index (Phi) is 5.01. The van der Waals surface area contributed by atoms with Crippen LogP contribution in [0.5, 0.6) is 5.75 Å². The summed E-state index contributed by atoms with van der Waals surface area (Å²) in [6, 6.07) is 5.78. The van der Waals surface area contributed by atoms with Crippen molar-refractivity contribution < 1.29 is 9.84 Å². The van der Waals surface area contributed by atoms with Crippen LogP contribution in [0.15, 0.2) is 30.6 Å². The van der Waals surface area contributed by atoms with Crippen LogP contribution in [0.4, 0.5) is 0 Å². The molecule has 106 valence electrons. The van der Waals surface area contributed by atoms with Gasteiger partial charge in [0.15, 0.2) is 5.75 Å². The maximum atomic E-state index is 9.36. The van der Waals surface area contributed by atoms with Gasteiger partial charge in [0.2, 0.25) is 0 Å². The molecule has 0 saturated heterocycles. The largest absolute Gasteiger partial charge is 0.490 e. The van der Waals surface area contributed by atoms with E-state index in [0.29, 0.717) is 30.3 Å². The van der Waals surface area contributed by atoms with Gasteiger partial charge in [0, 0.05) is 24.2 Å². The van der Waals surface area contributed by atoms with Crippen molar-refractivity contribution in [2.75, 3.05) is 6.61 Å². The van der Waals surface area contributed by atoms with E-state index in [1.807, 2.05) is 32.0 Å². The van der Waals surface area contributed by atoms with Gasteiger partial charge in [-0.3, -0.25) is 4.98 Å². The molecule has 1 N–H and O–H groups in total. The minimum Gasteiger partial charge on any atom is -0.490 e. The van der Waals surface area contributed by atoms with Gasteiger partial charge >= 0.3 is 0 Å². The molecule has 2 heterocycles. The highest BCUT2D eigenvalue weighted by Crippen LogP contribution is 2.18. The summed E-state index contributed by atoms with van der Waals surface area (Å²) in [5.41, 5.74) is 1.50. The maximum absolute atomic E-state index is 9.36. The fraction of sp³-hybridized carbons (Fsp3) is 0.400. The molecule has 0 saturated carbocycles. The Labute approximate surface area is 118 Å². The van der Waals surface area contributed by atoms with E-state index in [4.69, 9.17) is 4.74 Å². The topological polar surface area (TPSA) is 68.1 Å². The van der Waals surface area contributed by atoms with E-state index in [1.54, 1.807) is 12.4 Å². The first kappa shape index (κ1) is 14.4. The average molecular weight is 273 g/mol. The molecule has 0 aliphatic heterocycles. The van der Waals surface area contributed by atoms with Gasteiger partial charge in [-0.1, -0.05) is 19.9 Å². The number of hydrogen-bond acceptors (Lipinski definition) is 5. The molecule has 0 amide bonds. The van der Waals surface area contributed by atoms with Gasteiger partial charge in [0.25, 0.3) is 0 Å². The Morgan fingerprint density at radius 1 is 1.25 bits per heavy atom. The number of hydrogen-bond donors (Lipinski definition) is 1. The third-order valence-corrected chi connectivity index (χ3v) is 2.86. The first-order valence-electron chi connectivity index (χ1n) is 6.70. The van der Waals surface area contributed by atoms with E-state index in [2.05, 4.69) is 15.0 Å².